The lowest BCUT2D eigenvalue weighted by molar-refractivity contribution is -0.303. The Morgan fingerprint density at radius 1 is 0.755 bits per heavy atom. The van der Waals surface area contributed by atoms with Gasteiger partial charge in [0.15, 0.2) is 6.29 Å². The quantitative estimate of drug-likeness (QED) is 0.0405. The van der Waals surface area contributed by atoms with Crippen molar-refractivity contribution in [2.24, 2.45) is 17.8 Å². The molecule has 8 nitrogen and oxygen atoms in total. The van der Waals surface area contributed by atoms with E-state index >= 15 is 4.39 Å². The number of allylic oxidation sites excluding steroid dienone is 1. The number of aliphatic hydroxyl groups is 6. The van der Waals surface area contributed by atoms with Crippen molar-refractivity contribution >= 4 is 0 Å². The maximum atomic E-state index is 15.1. The molecule has 1 heterocycles. The first-order valence-corrected chi connectivity index (χ1v) is 20.3. The van der Waals surface area contributed by atoms with E-state index < -0.39 is 55.4 Å². The number of rotatable bonds is 31. The molecule has 2 fully saturated rings. The van der Waals surface area contributed by atoms with Crippen LogP contribution in [0, 0.1) is 17.8 Å². The van der Waals surface area contributed by atoms with Crippen molar-refractivity contribution in [2.75, 3.05) is 13.2 Å². The van der Waals surface area contributed by atoms with Crippen LogP contribution in [0.4, 0.5) is 4.39 Å². The topological polar surface area (TPSA) is 140 Å². The van der Waals surface area contributed by atoms with Crippen molar-refractivity contribution in [2.45, 2.75) is 211 Å². The Bertz CT molecular complexity index is 828. The van der Waals surface area contributed by atoms with Crippen LogP contribution in [0.1, 0.15) is 168 Å². The first-order valence-electron chi connectivity index (χ1n) is 20.3. The van der Waals surface area contributed by atoms with Gasteiger partial charge in [-0.25, -0.2) is 4.39 Å². The molecule has 290 valence electrons. The van der Waals surface area contributed by atoms with Crippen molar-refractivity contribution in [1.29, 1.82) is 0 Å². The van der Waals surface area contributed by atoms with Crippen molar-refractivity contribution in [3.8, 4) is 0 Å². The lowest BCUT2D eigenvalue weighted by Crippen LogP contribution is -2.59. The molecule has 1 aliphatic carbocycles. The number of hydrogen-bond donors (Lipinski definition) is 6. The third-order valence-corrected chi connectivity index (χ3v) is 10.9. The van der Waals surface area contributed by atoms with Crippen LogP contribution >= 0.6 is 0 Å². The van der Waals surface area contributed by atoms with Gasteiger partial charge in [0.2, 0.25) is 0 Å². The average Bonchev–Trinajstić information content (AvgIpc) is 3.81. The van der Waals surface area contributed by atoms with Crippen LogP contribution in [0.25, 0.3) is 0 Å². The smallest absolute Gasteiger partial charge is 0.186 e. The highest BCUT2D eigenvalue weighted by Crippen LogP contribution is 2.41. The van der Waals surface area contributed by atoms with Gasteiger partial charge in [-0.15, -0.1) is 0 Å². The predicted molar refractivity (Wildman–Crippen MR) is 194 cm³/mol. The SMILES string of the molecule is CCCCCCCCCCCCCC[C@@H](O)[C@@H](O)[C@@H](/C=C(/F)CCCCCCCCCCC1CC1C)COC1OC(CO)C(O)C(O)C1O. The van der Waals surface area contributed by atoms with E-state index in [0.717, 1.165) is 56.8 Å². The van der Waals surface area contributed by atoms with Gasteiger partial charge in [-0.2, -0.15) is 0 Å². The summed E-state index contributed by atoms with van der Waals surface area (Å²) in [6, 6.07) is 0. The molecule has 2 aliphatic rings. The van der Waals surface area contributed by atoms with Gasteiger partial charge in [0.1, 0.15) is 24.4 Å². The molecule has 7 unspecified atom stereocenters. The van der Waals surface area contributed by atoms with Gasteiger partial charge in [0.05, 0.1) is 31.2 Å². The molecule has 2 rings (SSSR count). The molecule has 49 heavy (non-hydrogen) atoms. The average molecular weight is 703 g/mol. The van der Waals surface area contributed by atoms with E-state index in [1.54, 1.807) is 0 Å². The van der Waals surface area contributed by atoms with Crippen LogP contribution < -0.4 is 0 Å². The normalized spacial score (nSPS) is 27.7. The third kappa shape index (κ3) is 19.1. The van der Waals surface area contributed by atoms with Crippen LogP contribution in [0.2, 0.25) is 0 Å². The van der Waals surface area contributed by atoms with Gasteiger partial charge in [-0.05, 0) is 43.6 Å². The van der Waals surface area contributed by atoms with Gasteiger partial charge >= 0.3 is 0 Å². The van der Waals surface area contributed by atoms with Crippen LogP contribution in [0.15, 0.2) is 11.9 Å². The van der Waals surface area contributed by atoms with E-state index in [1.807, 2.05) is 0 Å². The molecule has 10 atom stereocenters. The molecule has 0 amide bonds. The second kappa shape index (κ2) is 27.0. The van der Waals surface area contributed by atoms with E-state index in [2.05, 4.69) is 13.8 Å². The summed E-state index contributed by atoms with van der Waals surface area (Å²) in [6.07, 6.45) is 18.4. The monoisotopic (exact) mass is 703 g/mol. The number of unbranched alkanes of at least 4 members (excludes halogenated alkanes) is 18. The minimum Gasteiger partial charge on any atom is -0.394 e. The van der Waals surface area contributed by atoms with Gasteiger partial charge < -0.3 is 40.1 Å². The molecule has 0 aromatic rings. The Kier molecular flexibility index (Phi) is 24.6. The fourth-order valence-corrected chi connectivity index (χ4v) is 7.18. The zero-order valence-corrected chi connectivity index (χ0v) is 31.1. The number of aliphatic hydroxyl groups excluding tert-OH is 6. The van der Waals surface area contributed by atoms with Crippen LogP contribution in [-0.4, -0.2) is 86.8 Å². The summed E-state index contributed by atoms with van der Waals surface area (Å²) >= 11 is 0. The zero-order valence-electron chi connectivity index (χ0n) is 31.1. The maximum Gasteiger partial charge on any atom is 0.186 e. The van der Waals surface area contributed by atoms with Gasteiger partial charge in [-0.3, -0.25) is 0 Å². The molecule has 0 bridgehead atoms. The minimum atomic E-state index is -1.60. The number of halogens is 1. The molecular weight excluding hydrogens is 627 g/mol. The lowest BCUT2D eigenvalue weighted by atomic mass is 9.93. The fourth-order valence-electron chi connectivity index (χ4n) is 7.18. The molecule has 0 radical (unpaired) electrons. The highest BCUT2D eigenvalue weighted by molar-refractivity contribution is 5.00. The summed E-state index contributed by atoms with van der Waals surface area (Å²) in [4.78, 5) is 0. The molecule has 1 saturated heterocycles. The summed E-state index contributed by atoms with van der Waals surface area (Å²) in [7, 11) is 0. The maximum absolute atomic E-state index is 15.1. The molecule has 9 heteroatoms. The standard InChI is InChI=1S/C40H75FO8/c1-3-4-5-6-7-8-9-10-11-16-19-22-25-34(43)36(44)32(29-48-40-39(47)38(46)37(45)35(28-42)49-40)27-33(41)24-21-18-15-13-12-14-17-20-23-31-26-30(31)2/h27,30-32,34-40,42-47H,3-26,28-29H2,1-2H3/b33-27+/t30?,31?,32-,34+,35?,36-,37?,38?,39?,40?/m0/s1. The summed E-state index contributed by atoms with van der Waals surface area (Å²) < 4.78 is 26.3. The van der Waals surface area contributed by atoms with E-state index in [4.69, 9.17) is 9.47 Å². The fraction of sp³-hybridized carbons (Fsp3) is 0.950. The molecule has 0 aromatic heterocycles. The van der Waals surface area contributed by atoms with Crippen molar-refractivity contribution in [3.63, 3.8) is 0 Å². The van der Waals surface area contributed by atoms with Crippen LogP contribution in [0.3, 0.4) is 0 Å². The predicted octanol–water partition coefficient (Wildman–Crippen LogP) is 7.64. The highest BCUT2D eigenvalue weighted by atomic mass is 19.1. The minimum absolute atomic E-state index is 0.234. The van der Waals surface area contributed by atoms with Gasteiger partial charge in [0, 0.05) is 5.92 Å². The van der Waals surface area contributed by atoms with Gasteiger partial charge in [-0.1, -0.05) is 142 Å². The van der Waals surface area contributed by atoms with Crippen molar-refractivity contribution in [3.05, 3.63) is 11.9 Å². The number of ether oxygens (including phenoxy) is 2. The Labute approximate surface area is 297 Å². The van der Waals surface area contributed by atoms with E-state index in [-0.39, 0.29) is 18.9 Å². The molecular formula is C40H75FO8. The van der Waals surface area contributed by atoms with E-state index in [1.165, 1.54) is 96.0 Å². The summed E-state index contributed by atoms with van der Waals surface area (Å²) in [5.74, 6) is 0.620. The second-order valence-corrected chi connectivity index (χ2v) is 15.4. The first-order chi connectivity index (χ1) is 23.7. The molecule has 1 aliphatic heterocycles. The van der Waals surface area contributed by atoms with Crippen molar-refractivity contribution < 1.29 is 44.5 Å². The summed E-state index contributed by atoms with van der Waals surface area (Å²) in [6.45, 7) is 3.70. The molecule has 0 aromatic carbocycles. The molecule has 0 spiro atoms. The largest absolute Gasteiger partial charge is 0.394 e. The van der Waals surface area contributed by atoms with Gasteiger partial charge in [0.25, 0.3) is 0 Å². The lowest BCUT2D eigenvalue weighted by Gasteiger charge is -2.40. The Balaban J connectivity index is 1.75. The first kappa shape index (κ1) is 44.5. The Morgan fingerprint density at radius 3 is 1.80 bits per heavy atom. The molecule has 6 N–H and O–H groups in total. The van der Waals surface area contributed by atoms with Crippen molar-refractivity contribution in [1.82, 2.24) is 0 Å². The number of hydrogen-bond acceptors (Lipinski definition) is 8. The molecule has 1 saturated carbocycles. The Hall–Kier alpha value is -0.650. The Morgan fingerprint density at radius 2 is 1.27 bits per heavy atom. The summed E-state index contributed by atoms with van der Waals surface area (Å²) in [5.41, 5.74) is 0. The van der Waals surface area contributed by atoms with E-state index in [9.17, 15) is 30.6 Å². The van der Waals surface area contributed by atoms with E-state index in [0.29, 0.717) is 12.8 Å². The second-order valence-electron chi connectivity index (χ2n) is 15.4. The highest BCUT2D eigenvalue weighted by Gasteiger charge is 2.44. The van der Waals surface area contributed by atoms with Crippen LogP contribution in [0.5, 0.6) is 0 Å². The zero-order chi connectivity index (χ0) is 35.9. The summed E-state index contributed by atoms with van der Waals surface area (Å²) in [5, 5.41) is 62.0. The third-order valence-electron chi connectivity index (χ3n) is 10.9. The van der Waals surface area contributed by atoms with Crippen LogP contribution in [-0.2, 0) is 9.47 Å².